The second kappa shape index (κ2) is 8.49. The average Bonchev–Trinajstić information content (AvgIpc) is 3.09. The number of aryl methyl sites for hydroxylation is 1. The van der Waals surface area contributed by atoms with Crippen molar-refractivity contribution in [3.05, 3.63) is 53.6 Å². The fourth-order valence-electron chi connectivity index (χ4n) is 3.82. The lowest BCUT2D eigenvalue weighted by atomic mass is 9.94. The van der Waals surface area contributed by atoms with Crippen molar-refractivity contribution in [1.29, 1.82) is 0 Å². The van der Waals surface area contributed by atoms with Gasteiger partial charge in [0.05, 0.1) is 6.04 Å². The van der Waals surface area contributed by atoms with Gasteiger partial charge >= 0.3 is 0 Å². The quantitative estimate of drug-likeness (QED) is 0.799. The first-order valence-electron chi connectivity index (χ1n) is 9.61. The molecular weight excluding hydrogens is 324 g/mol. The molecule has 3 rings (SSSR count). The first-order valence-corrected chi connectivity index (χ1v) is 9.61. The maximum Gasteiger partial charge on any atom is 0.243 e. The van der Waals surface area contributed by atoms with E-state index in [0.717, 1.165) is 38.2 Å². The van der Waals surface area contributed by atoms with Crippen LogP contribution in [-0.2, 0) is 24.3 Å². The summed E-state index contributed by atoms with van der Waals surface area (Å²) < 4.78 is 1.98. The number of carbonyl (C=O) groups is 1. The van der Waals surface area contributed by atoms with Gasteiger partial charge in [0.15, 0.2) is 0 Å². The van der Waals surface area contributed by atoms with E-state index in [0.29, 0.717) is 6.54 Å². The number of hydrogen-bond donors (Lipinski definition) is 0. The van der Waals surface area contributed by atoms with Crippen LogP contribution in [0.25, 0.3) is 0 Å². The fourth-order valence-corrected chi connectivity index (χ4v) is 3.82. The number of piperidine rings is 1. The lowest BCUT2D eigenvalue weighted by Gasteiger charge is -2.36. The predicted molar refractivity (Wildman–Crippen MR) is 104 cm³/mol. The highest BCUT2D eigenvalue weighted by molar-refractivity contribution is 5.76. The summed E-state index contributed by atoms with van der Waals surface area (Å²) in [5.41, 5.74) is 2.56. The molecule has 1 aromatic carbocycles. The van der Waals surface area contributed by atoms with E-state index in [1.165, 1.54) is 17.5 Å². The molecular formula is C21H30N4O. The van der Waals surface area contributed by atoms with Gasteiger partial charge in [0.1, 0.15) is 12.4 Å². The lowest BCUT2D eigenvalue weighted by molar-refractivity contribution is -0.135. The number of aromatic nitrogens is 2. The summed E-state index contributed by atoms with van der Waals surface area (Å²) in [4.78, 5) is 21.6. The number of likely N-dealkylation sites (tertiary alicyclic amines) is 1. The number of imidazole rings is 1. The van der Waals surface area contributed by atoms with Gasteiger partial charge in [-0.15, -0.1) is 0 Å². The number of rotatable bonds is 6. The van der Waals surface area contributed by atoms with Gasteiger partial charge in [0, 0.05) is 31.9 Å². The second-order valence-electron chi connectivity index (χ2n) is 7.40. The molecule has 0 radical (unpaired) electrons. The largest absolute Gasteiger partial charge is 0.334 e. The van der Waals surface area contributed by atoms with E-state index < -0.39 is 0 Å². The molecule has 1 aliphatic rings. The van der Waals surface area contributed by atoms with Crippen molar-refractivity contribution in [1.82, 2.24) is 19.4 Å². The Morgan fingerprint density at radius 1 is 1.23 bits per heavy atom. The number of nitrogens with zero attached hydrogens (tertiary/aromatic N) is 4. The van der Waals surface area contributed by atoms with Crippen molar-refractivity contribution < 1.29 is 4.79 Å². The van der Waals surface area contributed by atoms with Gasteiger partial charge in [-0.2, -0.15) is 0 Å². The minimum atomic E-state index is 0.193. The first kappa shape index (κ1) is 18.6. The van der Waals surface area contributed by atoms with Crippen molar-refractivity contribution in [3.63, 3.8) is 0 Å². The van der Waals surface area contributed by atoms with E-state index in [4.69, 9.17) is 0 Å². The Hall–Kier alpha value is -2.14. The Morgan fingerprint density at radius 3 is 2.69 bits per heavy atom. The van der Waals surface area contributed by atoms with Crippen LogP contribution in [0.5, 0.6) is 0 Å². The van der Waals surface area contributed by atoms with Crippen LogP contribution in [0.3, 0.4) is 0 Å². The molecule has 1 saturated heterocycles. The van der Waals surface area contributed by atoms with Crippen LogP contribution >= 0.6 is 0 Å². The van der Waals surface area contributed by atoms with Gasteiger partial charge in [0.2, 0.25) is 5.91 Å². The molecule has 5 nitrogen and oxygen atoms in total. The van der Waals surface area contributed by atoms with Gasteiger partial charge in [-0.05, 0) is 44.5 Å². The predicted octanol–water partition coefficient (Wildman–Crippen LogP) is 3.26. The highest BCUT2D eigenvalue weighted by atomic mass is 16.2. The molecule has 2 heterocycles. The number of carbonyl (C=O) groups excluding carboxylic acids is 1. The topological polar surface area (TPSA) is 41.4 Å². The minimum Gasteiger partial charge on any atom is -0.334 e. The number of amides is 1. The van der Waals surface area contributed by atoms with Crippen LogP contribution in [0.2, 0.25) is 0 Å². The summed E-state index contributed by atoms with van der Waals surface area (Å²) in [6.45, 7) is 4.24. The molecule has 1 aliphatic heterocycles. The summed E-state index contributed by atoms with van der Waals surface area (Å²) in [5.74, 6) is 1.17. The summed E-state index contributed by atoms with van der Waals surface area (Å²) in [7, 11) is 4.16. The van der Waals surface area contributed by atoms with E-state index in [-0.39, 0.29) is 11.9 Å². The van der Waals surface area contributed by atoms with Crippen LogP contribution in [-0.4, -0.2) is 45.9 Å². The van der Waals surface area contributed by atoms with Gasteiger partial charge in [0.25, 0.3) is 0 Å². The van der Waals surface area contributed by atoms with E-state index in [1.807, 2.05) is 10.8 Å². The third-order valence-electron chi connectivity index (χ3n) is 5.11. The highest BCUT2D eigenvalue weighted by Crippen LogP contribution is 2.31. The molecule has 1 atom stereocenters. The third kappa shape index (κ3) is 4.33. The molecule has 2 aromatic rings. The zero-order chi connectivity index (χ0) is 18.5. The van der Waals surface area contributed by atoms with E-state index in [9.17, 15) is 4.79 Å². The normalized spacial score (nSPS) is 17.7. The SMILES string of the molecule is CCc1nccn1CC(=O)N1CCCCC1c1ccc(CN(C)C)cc1. The van der Waals surface area contributed by atoms with Gasteiger partial charge < -0.3 is 14.4 Å². The lowest BCUT2D eigenvalue weighted by Crippen LogP contribution is -2.40. The molecule has 5 heteroatoms. The smallest absolute Gasteiger partial charge is 0.243 e. The molecule has 140 valence electrons. The third-order valence-corrected chi connectivity index (χ3v) is 5.11. The van der Waals surface area contributed by atoms with Crippen molar-refractivity contribution >= 4 is 5.91 Å². The molecule has 1 amide bonds. The van der Waals surface area contributed by atoms with Crippen LogP contribution in [0.1, 0.15) is 49.2 Å². The number of benzene rings is 1. The Morgan fingerprint density at radius 2 is 2.00 bits per heavy atom. The molecule has 1 fully saturated rings. The molecule has 1 unspecified atom stereocenters. The summed E-state index contributed by atoms with van der Waals surface area (Å²) in [6, 6.07) is 8.97. The highest BCUT2D eigenvalue weighted by Gasteiger charge is 2.28. The standard InChI is InChI=1S/C21H30N4O/c1-4-20-22-12-14-24(20)16-21(26)25-13-6-5-7-19(25)18-10-8-17(9-11-18)15-23(2)3/h8-12,14,19H,4-7,13,15-16H2,1-3H3. The van der Waals surface area contributed by atoms with Gasteiger partial charge in [-0.25, -0.2) is 4.98 Å². The first-order chi connectivity index (χ1) is 12.6. The molecule has 0 saturated carbocycles. The van der Waals surface area contributed by atoms with Crippen LogP contribution in [0.15, 0.2) is 36.7 Å². The minimum absolute atomic E-state index is 0.193. The maximum absolute atomic E-state index is 13.0. The zero-order valence-electron chi connectivity index (χ0n) is 16.2. The Kier molecular flexibility index (Phi) is 6.09. The Bertz CT molecular complexity index is 720. The Balaban J connectivity index is 1.74. The fraction of sp³-hybridized carbons (Fsp3) is 0.524. The molecule has 0 bridgehead atoms. The van der Waals surface area contributed by atoms with E-state index in [1.54, 1.807) is 6.20 Å². The van der Waals surface area contributed by atoms with Crippen molar-refractivity contribution in [3.8, 4) is 0 Å². The molecule has 26 heavy (non-hydrogen) atoms. The molecule has 0 N–H and O–H groups in total. The van der Waals surface area contributed by atoms with Crippen LogP contribution in [0, 0.1) is 0 Å². The summed E-state index contributed by atoms with van der Waals surface area (Å²) in [6.07, 6.45) is 7.85. The number of hydrogen-bond acceptors (Lipinski definition) is 3. The second-order valence-corrected chi connectivity index (χ2v) is 7.40. The Labute approximate surface area is 156 Å². The van der Waals surface area contributed by atoms with Crippen LogP contribution < -0.4 is 0 Å². The van der Waals surface area contributed by atoms with Gasteiger partial charge in [-0.1, -0.05) is 31.2 Å². The molecule has 1 aromatic heterocycles. The van der Waals surface area contributed by atoms with E-state index in [2.05, 4.69) is 60.1 Å². The van der Waals surface area contributed by atoms with Gasteiger partial charge in [-0.3, -0.25) is 4.79 Å². The summed E-state index contributed by atoms with van der Waals surface area (Å²) in [5, 5.41) is 0. The summed E-state index contributed by atoms with van der Waals surface area (Å²) >= 11 is 0. The molecule has 0 spiro atoms. The monoisotopic (exact) mass is 354 g/mol. The maximum atomic E-state index is 13.0. The van der Waals surface area contributed by atoms with Crippen molar-refractivity contribution in [2.45, 2.75) is 51.7 Å². The van der Waals surface area contributed by atoms with Crippen molar-refractivity contribution in [2.24, 2.45) is 0 Å². The average molecular weight is 354 g/mol. The van der Waals surface area contributed by atoms with Crippen LogP contribution in [0.4, 0.5) is 0 Å². The van der Waals surface area contributed by atoms with E-state index >= 15 is 0 Å². The zero-order valence-corrected chi connectivity index (χ0v) is 16.2. The van der Waals surface area contributed by atoms with Crippen molar-refractivity contribution in [2.75, 3.05) is 20.6 Å². The molecule has 0 aliphatic carbocycles.